The Morgan fingerprint density at radius 3 is 1.41 bits per heavy atom. The Morgan fingerprint density at radius 2 is 0.768 bits per heavy atom. The second-order valence-electron chi connectivity index (χ2n) is 17.5. The van der Waals surface area contributed by atoms with Gasteiger partial charge in [0.2, 0.25) is 0 Å². The molecule has 9 aromatic carbocycles. The van der Waals surface area contributed by atoms with Crippen LogP contribution in [0.5, 0.6) is 0 Å². The van der Waals surface area contributed by atoms with E-state index in [2.05, 4.69) is 237 Å². The Bertz CT molecular complexity index is 4120. The van der Waals surface area contributed by atoms with Crippen LogP contribution in [0.3, 0.4) is 0 Å². The van der Waals surface area contributed by atoms with Gasteiger partial charge in [0.1, 0.15) is 0 Å². The van der Waals surface area contributed by atoms with Gasteiger partial charge in [0.15, 0.2) is 17.5 Å². The summed E-state index contributed by atoms with van der Waals surface area (Å²) in [7, 11) is 0. The molecular formula is C64H41N3S2. The van der Waals surface area contributed by atoms with Crippen LogP contribution in [0.15, 0.2) is 231 Å². The first kappa shape index (κ1) is 40.9. The number of hydrogen-bond donors (Lipinski definition) is 0. The highest BCUT2D eigenvalue weighted by Gasteiger charge is 2.18. The SMILES string of the molecule is C1=CCC(c2cccc(-c3nc(-c4cccc(-c5cccc(-c6cccc(-c7ccccc7)c6)c5)c4)nc(-c4cccc(-c5cccc6c5sc5ccccc56)c4)n3)c2)=c2sc3ccccc3c2=C1. The molecule has 324 valence electrons. The summed E-state index contributed by atoms with van der Waals surface area (Å²) in [5, 5.41) is 5.14. The average Bonchev–Trinajstić information content (AvgIpc) is 3.92. The van der Waals surface area contributed by atoms with E-state index in [4.69, 9.17) is 15.0 Å². The molecule has 0 unspecified atom stereocenters. The number of aromatic nitrogens is 3. The predicted molar refractivity (Wildman–Crippen MR) is 293 cm³/mol. The molecule has 0 radical (unpaired) electrons. The molecule has 12 aromatic rings. The van der Waals surface area contributed by atoms with Crippen molar-refractivity contribution in [1.29, 1.82) is 0 Å². The van der Waals surface area contributed by atoms with Crippen molar-refractivity contribution >= 4 is 64.6 Å². The number of thiophene rings is 2. The van der Waals surface area contributed by atoms with Crippen LogP contribution in [0.4, 0.5) is 0 Å². The zero-order valence-electron chi connectivity index (χ0n) is 37.4. The highest BCUT2D eigenvalue weighted by atomic mass is 32.1. The van der Waals surface area contributed by atoms with Gasteiger partial charge in [-0.1, -0.05) is 194 Å². The molecular weight excluding hydrogens is 875 g/mol. The number of rotatable bonds is 8. The van der Waals surface area contributed by atoms with Crippen LogP contribution in [-0.2, 0) is 0 Å². The molecule has 0 aliphatic heterocycles. The average molecular weight is 916 g/mol. The lowest BCUT2D eigenvalue weighted by atomic mass is 9.95. The van der Waals surface area contributed by atoms with Crippen LogP contribution in [-0.4, -0.2) is 15.0 Å². The first-order valence-electron chi connectivity index (χ1n) is 23.3. The fourth-order valence-electron chi connectivity index (χ4n) is 9.78. The molecule has 0 N–H and O–H groups in total. The fourth-order valence-corrected chi connectivity index (χ4v) is 12.3. The molecule has 3 aromatic heterocycles. The lowest BCUT2D eigenvalue weighted by molar-refractivity contribution is 1.07. The third-order valence-electron chi connectivity index (χ3n) is 13.2. The number of nitrogens with zero attached hydrogens (tertiary/aromatic N) is 3. The van der Waals surface area contributed by atoms with E-state index in [0.717, 1.165) is 45.4 Å². The van der Waals surface area contributed by atoms with Gasteiger partial charge in [-0.3, -0.25) is 0 Å². The van der Waals surface area contributed by atoms with Crippen LogP contribution in [0.1, 0.15) is 12.0 Å². The quantitative estimate of drug-likeness (QED) is 0.152. The van der Waals surface area contributed by atoms with E-state index in [1.165, 1.54) is 73.4 Å². The van der Waals surface area contributed by atoms with Crippen LogP contribution in [0, 0.1) is 0 Å². The molecule has 69 heavy (non-hydrogen) atoms. The van der Waals surface area contributed by atoms with Crippen molar-refractivity contribution in [1.82, 2.24) is 15.0 Å². The minimum Gasteiger partial charge on any atom is -0.208 e. The molecule has 0 spiro atoms. The van der Waals surface area contributed by atoms with Gasteiger partial charge in [-0.15, -0.1) is 22.7 Å². The standard InChI is InChI=1S/C64H41N3S2/c1-2-16-41(17-3-1)42-18-10-19-43(36-42)44-20-11-21-45(37-44)46-22-12-25-49(38-46)62-65-63(50-26-13-23-47(39-50)52-28-4-5-31-56-54-29-6-8-34-58(54)68-60(52)56)67-64(66-62)51-27-14-24-48(40-51)53-32-15-33-57-55-30-7-9-35-59(55)69-61(53)57/h1-27,29-40H,28H2. The summed E-state index contributed by atoms with van der Waals surface area (Å²) in [6.45, 7) is 0. The molecule has 0 saturated carbocycles. The van der Waals surface area contributed by atoms with Gasteiger partial charge in [0, 0.05) is 56.7 Å². The molecule has 0 atom stereocenters. The normalized spacial score (nSPS) is 12.3. The molecule has 3 heterocycles. The van der Waals surface area contributed by atoms with Gasteiger partial charge in [0.05, 0.1) is 0 Å². The number of fused-ring (bicyclic) bond motifs is 6. The van der Waals surface area contributed by atoms with E-state index in [1.54, 1.807) is 0 Å². The lowest BCUT2D eigenvalue weighted by Gasteiger charge is -2.12. The van der Waals surface area contributed by atoms with E-state index in [-0.39, 0.29) is 0 Å². The third kappa shape index (κ3) is 7.68. The molecule has 0 bridgehead atoms. The van der Waals surface area contributed by atoms with E-state index in [0.29, 0.717) is 17.5 Å². The summed E-state index contributed by atoms with van der Waals surface area (Å²) in [4.78, 5) is 16.0. The predicted octanol–water partition coefficient (Wildman–Crippen LogP) is 16.1. The minimum atomic E-state index is 0.623. The topological polar surface area (TPSA) is 38.7 Å². The summed E-state index contributed by atoms with van der Waals surface area (Å²) in [6.07, 6.45) is 7.56. The van der Waals surface area contributed by atoms with E-state index in [9.17, 15) is 0 Å². The number of allylic oxidation sites excluding steroid dienone is 2. The first-order chi connectivity index (χ1) is 34.2. The van der Waals surface area contributed by atoms with Gasteiger partial charge in [0.25, 0.3) is 0 Å². The van der Waals surface area contributed by atoms with Crippen molar-refractivity contribution in [2.24, 2.45) is 0 Å². The van der Waals surface area contributed by atoms with Gasteiger partial charge in [-0.05, 0) is 105 Å². The number of hydrogen-bond acceptors (Lipinski definition) is 5. The summed E-state index contributed by atoms with van der Waals surface area (Å²) in [5.41, 5.74) is 14.5. The maximum absolute atomic E-state index is 5.32. The number of benzene rings is 9. The largest absolute Gasteiger partial charge is 0.208 e. The van der Waals surface area contributed by atoms with Gasteiger partial charge >= 0.3 is 0 Å². The van der Waals surface area contributed by atoms with Crippen LogP contribution < -0.4 is 9.75 Å². The maximum atomic E-state index is 5.32. The Hall–Kier alpha value is -8.35. The van der Waals surface area contributed by atoms with Gasteiger partial charge in [-0.2, -0.15) is 0 Å². The summed E-state index contributed by atoms with van der Waals surface area (Å²) in [6, 6.07) is 78.2. The van der Waals surface area contributed by atoms with Crippen LogP contribution >= 0.6 is 22.7 Å². The summed E-state index contributed by atoms with van der Waals surface area (Å²) < 4.78 is 5.17. The van der Waals surface area contributed by atoms with Crippen molar-refractivity contribution in [3.8, 4) is 78.7 Å². The van der Waals surface area contributed by atoms with Gasteiger partial charge in [-0.25, -0.2) is 15.0 Å². The van der Waals surface area contributed by atoms with E-state index in [1.807, 2.05) is 22.7 Å². The highest BCUT2D eigenvalue weighted by Crippen LogP contribution is 2.41. The fraction of sp³-hybridized carbons (Fsp3) is 0.0156. The van der Waals surface area contributed by atoms with Crippen LogP contribution in [0.25, 0.3) is 121 Å². The van der Waals surface area contributed by atoms with Crippen molar-refractivity contribution in [2.45, 2.75) is 6.42 Å². The van der Waals surface area contributed by atoms with Gasteiger partial charge < -0.3 is 0 Å². The molecule has 0 fully saturated rings. The Balaban J connectivity index is 0.939. The molecule has 13 rings (SSSR count). The van der Waals surface area contributed by atoms with Crippen molar-refractivity contribution in [3.05, 3.63) is 246 Å². The molecule has 3 nitrogen and oxygen atoms in total. The lowest BCUT2D eigenvalue weighted by Crippen LogP contribution is -2.21. The van der Waals surface area contributed by atoms with Crippen molar-refractivity contribution in [2.75, 3.05) is 0 Å². The second-order valence-corrected chi connectivity index (χ2v) is 19.6. The zero-order chi connectivity index (χ0) is 45.7. The second kappa shape index (κ2) is 17.4. The van der Waals surface area contributed by atoms with Crippen molar-refractivity contribution < 1.29 is 0 Å². The summed E-state index contributed by atoms with van der Waals surface area (Å²) in [5.74, 6) is 1.88. The van der Waals surface area contributed by atoms with Crippen LogP contribution in [0.2, 0.25) is 0 Å². The third-order valence-corrected chi connectivity index (χ3v) is 15.7. The molecule has 0 amide bonds. The van der Waals surface area contributed by atoms with E-state index >= 15 is 0 Å². The molecule has 0 saturated heterocycles. The summed E-state index contributed by atoms with van der Waals surface area (Å²) >= 11 is 3.71. The molecule has 1 aliphatic carbocycles. The highest BCUT2D eigenvalue weighted by molar-refractivity contribution is 7.26. The Morgan fingerprint density at radius 1 is 0.333 bits per heavy atom. The monoisotopic (exact) mass is 915 g/mol. The molecule has 1 aliphatic rings. The molecule has 5 heteroatoms. The Labute approximate surface area is 408 Å². The first-order valence-corrected chi connectivity index (χ1v) is 24.9. The maximum Gasteiger partial charge on any atom is 0.164 e. The van der Waals surface area contributed by atoms with Crippen molar-refractivity contribution in [3.63, 3.8) is 0 Å². The Kier molecular flexibility index (Phi) is 10.3. The zero-order valence-corrected chi connectivity index (χ0v) is 39.0. The van der Waals surface area contributed by atoms with E-state index < -0.39 is 0 Å². The smallest absolute Gasteiger partial charge is 0.164 e. The minimum absolute atomic E-state index is 0.623.